The molecular formula is C15H22N2O4S2. The van der Waals surface area contributed by atoms with Crippen LogP contribution >= 0.6 is 24.8 Å². The molecule has 0 heterocycles. The predicted octanol–water partition coefficient (Wildman–Crippen LogP) is 2.23. The van der Waals surface area contributed by atoms with Crippen molar-refractivity contribution in [3.8, 4) is 5.75 Å². The fraction of sp³-hybridized carbons (Fsp3) is 0.400. The van der Waals surface area contributed by atoms with Gasteiger partial charge in [0.1, 0.15) is 18.1 Å². The molecular weight excluding hydrogens is 336 g/mol. The highest BCUT2D eigenvalue weighted by atomic mass is 32.1. The quantitative estimate of drug-likeness (QED) is 0.620. The van der Waals surface area contributed by atoms with Crippen LogP contribution in [0.1, 0.15) is 18.4 Å². The van der Waals surface area contributed by atoms with Crippen molar-refractivity contribution in [2.24, 2.45) is 5.73 Å². The van der Waals surface area contributed by atoms with E-state index in [9.17, 15) is 4.79 Å². The smallest absolute Gasteiger partial charge is 0.273 e. The van der Waals surface area contributed by atoms with Gasteiger partial charge in [-0.05, 0) is 36.8 Å². The van der Waals surface area contributed by atoms with Crippen molar-refractivity contribution < 1.29 is 19.1 Å². The van der Waals surface area contributed by atoms with E-state index in [4.69, 9.17) is 26.5 Å². The summed E-state index contributed by atoms with van der Waals surface area (Å²) in [5.41, 5.74) is 5.23. The van der Waals surface area contributed by atoms with E-state index in [1.54, 1.807) is 33.0 Å². The summed E-state index contributed by atoms with van der Waals surface area (Å²) in [4.78, 5) is 22.5. The normalized spacial score (nSPS) is 10.7. The summed E-state index contributed by atoms with van der Waals surface area (Å²) >= 11 is 8.15. The molecule has 128 valence electrons. The maximum absolute atomic E-state index is 11.7. The lowest BCUT2D eigenvalue weighted by molar-refractivity contribution is -0.119. The van der Waals surface area contributed by atoms with Gasteiger partial charge in [-0.1, -0.05) is 24.8 Å². The molecule has 0 aliphatic heterocycles. The molecule has 0 saturated carbocycles. The van der Waals surface area contributed by atoms with Crippen molar-refractivity contribution in [2.45, 2.75) is 12.8 Å². The molecule has 23 heavy (non-hydrogen) atoms. The van der Waals surface area contributed by atoms with Crippen LogP contribution in [0.3, 0.4) is 0 Å². The molecule has 1 rings (SSSR count). The molecule has 0 aromatic heterocycles. The highest BCUT2D eigenvalue weighted by Crippen LogP contribution is 2.21. The van der Waals surface area contributed by atoms with Crippen molar-refractivity contribution in [3.63, 3.8) is 0 Å². The molecule has 0 radical (unpaired) electrons. The molecule has 0 saturated heterocycles. The van der Waals surface area contributed by atoms with Gasteiger partial charge in [-0.15, -0.1) is 0 Å². The minimum atomic E-state index is -0.639. The highest BCUT2D eigenvalue weighted by molar-refractivity contribution is 7.96. The Morgan fingerprint density at radius 3 is 2.13 bits per heavy atom. The van der Waals surface area contributed by atoms with Crippen molar-refractivity contribution >= 4 is 41.0 Å². The molecule has 2 N–H and O–H groups in total. The summed E-state index contributed by atoms with van der Waals surface area (Å²) in [5, 5.41) is -0.264. The molecule has 6 nitrogen and oxygen atoms in total. The van der Waals surface area contributed by atoms with E-state index in [0.717, 1.165) is 11.3 Å². The van der Waals surface area contributed by atoms with Crippen LogP contribution in [0, 0.1) is 0 Å². The average molecular weight is 358 g/mol. The number of ether oxygens (including phenoxy) is 2. The van der Waals surface area contributed by atoms with E-state index in [-0.39, 0.29) is 18.3 Å². The topological polar surface area (TPSA) is 81.9 Å². The number of hydrogen-bond donors (Lipinski definition) is 2. The van der Waals surface area contributed by atoms with Gasteiger partial charge in [0, 0.05) is 14.1 Å². The number of carbonyl (C=O) groups excluding carboxylic acids is 2. The minimum absolute atomic E-state index is 0.0479. The largest absolute Gasteiger partial charge is 0.497 e. The van der Waals surface area contributed by atoms with Gasteiger partial charge in [-0.25, -0.2) is 0 Å². The Labute approximate surface area is 147 Å². The number of thiol groups is 1. The summed E-state index contributed by atoms with van der Waals surface area (Å²) in [7, 11) is 5.22. The fourth-order valence-corrected chi connectivity index (χ4v) is 1.64. The van der Waals surface area contributed by atoms with Crippen LogP contribution in [0.2, 0.25) is 0 Å². The Kier molecular flexibility index (Phi) is 10.00. The number of amides is 1. The fourth-order valence-electron chi connectivity index (χ4n) is 1.57. The first-order chi connectivity index (χ1) is 10.7. The first-order valence-electron chi connectivity index (χ1n) is 6.65. The summed E-state index contributed by atoms with van der Waals surface area (Å²) in [6.45, 7) is 1.80. The second-order valence-corrected chi connectivity index (χ2v) is 5.54. The number of nitrogens with two attached hydrogens (primary N) is 1. The van der Waals surface area contributed by atoms with E-state index in [0.29, 0.717) is 5.17 Å². The van der Waals surface area contributed by atoms with Crippen LogP contribution < -0.4 is 10.5 Å². The van der Waals surface area contributed by atoms with Gasteiger partial charge in [0.25, 0.3) is 10.4 Å². The maximum atomic E-state index is 11.7. The van der Waals surface area contributed by atoms with Crippen molar-refractivity contribution in [3.05, 3.63) is 29.8 Å². The number of ketones is 1. The van der Waals surface area contributed by atoms with Gasteiger partial charge in [-0.3, -0.25) is 9.59 Å². The molecule has 0 aliphatic carbocycles. The summed E-state index contributed by atoms with van der Waals surface area (Å²) in [6, 6.07) is 7.39. The second kappa shape index (κ2) is 10.8. The number of primary amides is 1. The monoisotopic (exact) mass is 358 g/mol. The van der Waals surface area contributed by atoms with Crippen LogP contribution in [0.5, 0.6) is 5.75 Å². The Morgan fingerprint density at radius 1 is 1.30 bits per heavy atom. The molecule has 0 spiro atoms. The summed E-state index contributed by atoms with van der Waals surface area (Å²) < 4.78 is 10.5. The lowest BCUT2D eigenvalue weighted by atomic mass is 9.96. The number of Topliss-reactive ketones (excluding diaryl/α,β-unsaturated/α-hetero) is 1. The van der Waals surface area contributed by atoms with Gasteiger partial charge in [0.15, 0.2) is 0 Å². The lowest BCUT2D eigenvalue weighted by Gasteiger charge is -2.19. The molecule has 8 heteroatoms. The number of nitrogens with zero attached hydrogens (tertiary/aromatic N) is 1. The van der Waals surface area contributed by atoms with Crippen molar-refractivity contribution in [1.82, 2.24) is 4.90 Å². The Hall–Kier alpha value is -1.80. The maximum Gasteiger partial charge on any atom is 0.273 e. The zero-order chi connectivity index (χ0) is 18.0. The van der Waals surface area contributed by atoms with Crippen LogP contribution in [0.25, 0.3) is 0 Å². The zero-order valence-corrected chi connectivity index (χ0v) is 15.3. The Morgan fingerprint density at radius 2 is 1.78 bits per heavy atom. The standard InChI is InChI=1S/C14H19NO3S.CH3NOS/c1-10(16)13(9-18-14(19)15(2)3)11-5-7-12(17-4)8-6-11;2-1(3)4/h5-8,13H,9H2,1-4H3;(H3,2,3,4). The van der Waals surface area contributed by atoms with E-state index in [1.807, 2.05) is 24.3 Å². The molecule has 1 aromatic carbocycles. The van der Waals surface area contributed by atoms with Crippen molar-refractivity contribution in [1.29, 1.82) is 0 Å². The average Bonchev–Trinajstić information content (AvgIpc) is 2.46. The third-order valence-electron chi connectivity index (χ3n) is 2.75. The van der Waals surface area contributed by atoms with Crippen LogP contribution in [0.4, 0.5) is 4.79 Å². The SMILES string of the molecule is COc1ccc(C(COC(=S)N(C)C)C(C)=O)cc1.NC(=O)S. The number of carbonyl (C=O) groups is 2. The number of rotatable bonds is 5. The van der Waals surface area contributed by atoms with Crippen molar-refractivity contribution in [2.75, 3.05) is 27.8 Å². The molecule has 0 aliphatic rings. The number of thiocarbonyl (C=S) groups is 1. The predicted molar refractivity (Wildman–Crippen MR) is 97.2 cm³/mol. The first kappa shape index (κ1) is 21.2. The van der Waals surface area contributed by atoms with E-state index < -0.39 is 5.24 Å². The van der Waals surface area contributed by atoms with Gasteiger partial charge in [-0.2, -0.15) is 0 Å². The van der Waals surface area contributed by atoms with Gasteiger partial charge in [0.2, 0.25) is 0 Å². The molecule has 0 fully saturated rings. The molecule has 1 amide bonds. The van der Waals surface area contributed by atoms with Crippen LogP contribution in [0.15, 0.2) is 24.3 Å². The van der Waals surface area contributed by atoms with E-state index >= 15 is 0 Å². The van der Waals surface area contributed by atoms with Crippen LogP contribution in [-0.2, 0) is 9.53 Å². The number of benzene rings is 1. The molecule has 1 atom stereocenters. The highest BCUT2D eigenvalue weighted by Gasteiger charge is 2.18. The number of methoxy groups -OCH3 is 1. The molecule has 1 unspecified atom stereocenters. The van der Waals surface area contributed by atoms with Gasteiger partial charge in [0.05, 0.1) is 13.0 Å². The zero-order valence-electron chi connectivity index (χ0n) is 13.6. The summed E-state index contributed by atoms with van der Waals surface area (Å²) in [5.74, 6) is 0.492. The minimum Gasteiger partial charge on any atom is -0.497 e. The Balaban J connectivity index is 0.00000108. The third kappa shape index (κ3) is 9.04. The Bertz CT molecular complexity index is 529. The van der Waals surface area contributed by atoms with Gasteiger partial charge >= 0.3 is 0 Å². The third-order valence-corrected chi connectivity index (χ3v) is 3.23. The first-order valence-corrected chi connectivity index (χ1v) is 7.51. The van der Waals surface area contributed by atoms with Gasteiger partial charge < -0.3 is 20.1 Å². The number of hydrogen-bond acceptors (Lipinski definition) is 5. The second-order valence-electron chi connectivity index (χ2n) is 4.75. The molecule has 0 bridgehead atoms. The summed E-state index contributed by atoms with van der Waals surface area (Å²) in [6.07, 6.45) is 0. The molecule has 1 aromatic rings. The van der Waals surface area contributed by atoms with E-state index in [1.165, 1.54) is 0 Å². The van der Waals surface area contributed by atoms with E-state index in [2.05, 4.69) is 18.4 Å². The van der Waals surface area contributed by atoms with Crippen LogP contribution in [-0.4, -0.2) is 48.9 Å². The lowest BCUT2D eigenvalue weighted by Crippen LogP contribution is -2.26.